The van der Waals surface area contributed by atoms with Crippen LogP contribution in [0.5, 0.6) is 0 Å². The van der Waals surface area contributed by atoms with Crippen LogP contribution in [0.25, 0.3) is 0 Å². The van der Waals surface area contributed by atoms with Gasteiger partial charge in [-0.15, -0.1) is 0 Å². The minimum Gasteiger partial charge on any atom is -0.462 e. The molecule has 2 N–H and O–H groups in total. The van der Waals surface area contributed by atoms with Gasteiger partial charge >= 0.3 is 19.8 Å². The third kappa shape index (κ3) is 43.8. The van der Waals surface area contributed by atoms with Gasteiger partial charge in [-0.3, -0.25) is 18.6 Å². The number of carbonyl (C=O) groups excluding carboxylic acids is 2. The normalized spacial score (nSPS) is 13.5. The van der Waals surface area contributed by atoms with E-state index in [0.29, 0.717) is 13.0 Å². The van der Waals surface area contributed by atoms with Gasteiger partial charge in [-0.1, -0.05) is 172 Å². The molecule has 0 bridgehead atoms. The highest BCUT2D eigenvalue weighted by molar-refractivity contribution is 7.47. The molecule has 0 aromatic carbocycles. The fraction of sp³-hybridized carbons (Fsp3) is 0.833. The van der Waals surface area contributed by atoms with Gasteiger partial charge in [-0.25, -0.2) is 4.57 Å². The largest absolute Gasteiger partial charge is 0.472 e. The summed E-state index contributed by atoms with van der Waals surface area (Å²) >= 11 is 0. The van der Waals surface area contributed by atoms with Crippen LogP contribution in [0, 0.1) is 0 Å². The van der Waals surface area contributed by atoms with Gasteiger partial charge in [0.25, 0.3) is 0 Å². The van der Waals surface area contributed by atoms with Crippen molar-refractivity contribution in [2.75, 3.05) is 33.4 Å². The van der Waals surface area contributed by atoms with Crippen LogP contribution < -0.4 is 5.32 Å². The predicted octanol–water partition coefficient (Wildman–Crippen LogP) is 14.0. The summed E-state index contributed by atoms with van der Waals surface area (Å²) in [5.74, 6) is -0.818. The summed E-state index contributed by atoms with van der Waals surface area (Å²) in [5.41, 5.74) is 0. The summed E-state index contributed by atoms with van der Waals surface area (Å²) in [7, 11) is -2.65. The smallest absolute Gasteiger partial charge is 0.462 e. The highest BCUT2D eigenvalue weighted by atomic mass is 31.2. The Morgan fingerprint density at radius 3 is 1.41 bits per heavy atom. The lowest BCUT2D eigenvalue weighted by atomic mass is 10.0. The predicted molar refractivity (Wildman–Crippen MR) is 243 cm³/mol. The van der Waals surface area contributed by atoms with E-state index in [9.17, 15) is 19.0 Å². The SMILES string of the molecule is CCCCC/C=C\C/C=C\CCCCCCCC(=O)OC(COC(=O)CCCCCCCCCCCCC/C=C\CCCCCCCC)COP(=O)(O)OCCNC. The lowest BCUT2D eigenvalue weighted by Gasteiger charge is -2.20. The maximum absolute atomic E-state index is 12.6. The number of phosphoric ester groups is 1. The molecule has 0 aliphatic carbocycles. The minimum absolute atomic E-state index is 0.0196. The topological polar surface area (TPSA) is 120 Å². The lowest BCUT2D eigenvalue weighted by molar-refractivity contribution is -0.161. The van der Waals surface area contributed by atoms with Crippen molar-refractivity contribution < 1.29 is 37.6 Å². The van der Waals surface area contributed by atoms with Crippen molar-refractivity contribution in [2.45, 2.75) is 225 Å². The maximum Gasteiger partial charge on any atom is 0.472 e. The lowest BCUT2D eigenvalue weighted by Crippen LogP contribution is -2.29. The zero-order valence-electron chi connectivity index (χ0n) is 37.7. The minimum atomic E-state index is -4.35. The quantitative estimate of drug-likeness (QED) is 0.0267. The second-order valence-electron chi connectivity index (χ2n) is 15.9. The van der Waals surface area contributed by atoms with E-state index in [2.05, 4.69) is 55.6 Å². The number of hydrogen-bond acceptors (Lipinski definition) is 8. The summed E-state index contributed by atoms with van der Waals surface area (Å²) < 4.78 is 33.3. The van der Waals surface area contributed by atoms with E-state index in [0.717, 1.165) is 57.8 Å². The average molecular weight is 840 g/mol. The number of rotatable bonds is 45. The van der Waals surface area contributed by atoms with Gasteiger partial charge in [-0.05, 0) is 77.7 Å². The van der Waals surface area contributed by atoms with Crippen LogP contribution in [0.4, 0.5) is 0 Å². The van der Waals surface area contributed by atoms with Crippen molar-refractivity contribution in [3.05, 3.63) is 36.5 Å². The molecular formula is C48H90NO8P. The number of likely N-dealkylation sites (N-methyl/N-ethyl adjacent to an activating group) is 1. The van der Waals surface area contributed by atoms with Crippen LogP contribution in [0.2, 0.25) is 0 Å². The molecular weight excluding hydrogens is 750 g/mol. The zero-order valence-corrected chi connectivity index (χ0v) is 38.6. The number of esters is 2. The van der Waals surface area contributed by atoms with Crippen molar-refractivity contribution in [3.63, 3.8) is 0 Å². The molecule has 0 heterocycles. The van der Waals surface area contributed by atoms with Gasteiger partial charge in [0.1, 0.15) is 6.61 Å². The third-order valence-electron chi connectivity index (χ3n) is 10.2. The number of ether oxygens (including phenoxy) is 2. The van der Waals surface area contributed by atoms with Gasteiger partial charge < -0.3 is 19.7 Å². The molecule has 10 heteroatoms. The van der Waals surface area contributed by atoms with Crippen LogP contribution in [-0.4, -0.2) is 56.3 Å². The monoisotopic (exact) mass is 840 g/mol. The highest BCUT2D eigenvalue weighted by Gasteiger charge is 2.26. The van der Waals surface area contributed by atoms with Crippen LogP contribution in [0.1, 0.15) is 219 Å². The first-order valence-electron chi connectivity index (χ1n) is 23.9. The van der Waals surface area contributed by atoms with Gasteiger partial charge in [0.05, 0.1) is 13.2 Å². The third-order valence-corrected chi connectivity index (χ3v) is 11.2. The summed E-state index contributed by atoms with van der Waals surface area (Å²) in [6, 6.07) is 0. The Bertz CT molecular complexity index is 1050. The highest BCUT2D eigenvalue weighted by Crippen LogP contribution is 2.43. The van der Waals surface area contributed by atoms with Gasteiger partial charge in [0.2, 0.25) is 0 Å². The Morgan fingerprint density at radius 2 is 0.931 bits per heavy atom. The average Bonchev–Trinajstić information content (AvgIpc) is 3.21. The molecule has 0 saturated heterocycles. The van der Waals surface area contributed by atoms with E-state index in [1.807, 2.05) is 0 Å². The van der Waals surface area contributed by atoms with Crippen LogP contribution in [0.3, 0.4) is 0 Å². The number of phosphoric acid groups is 1. The first-order valence-corrected chi connectivity index (χ1v) is 25.4. The Hall–Kier alpha value is -1.77. The number of unbranched alkanes of at least 4 members (excludes halogenated alkanes) is 25. The molecule has 0 aliphatic heterocycles. The van der Waals surface area contributed by atoms with E-state index in [-0.39, 0.29) is 32.0 Å². The Labute approximate surface area is 356 Å². The second-order valence-corrected chi connectivity index (χ2v) is 17.4. The summed E-state index contributed by atoms with van der Waals surface area (Å²) in [6.07, 6.45) is 49.0. The molecule has 0 saturated carbocycles. The van der Waals surface area contributed by atoms with Gasteiger partial charge in [-0.2, -0.15) is 0 Å². The van der Waals surface area contributed by atoms with Gasteiger partial charge in [0, 0.05) is 19.4 Å². The van der Waals surface area contributed by atoms with Gasteiger partial charge in [0.15, 0.2) is 6.10 Å². The Balaban J connectivity index is 4.14. The first-order chi connectivity index (χ1) is 28.3. The molecule has 0 radical (unpaired) electrons. The molecule has 340 valence electrons. The molecule has 2 unspecified atom stereocenters. The number of allylic oxidation sites excluding steroid dienone is 6. The van der Waals surface area contributed by atoms with Crippen molar-refractivity contribution in [2.24, 2.45) is 0 Å². The number of hydrogen-bond donors (Lipinski definition) is 2. The molecule has 0 amide bonds. The molecule has 0 aromatic rings. The Kier molecular flexibility index (Phi) is 43.4. The maximum atomic E-state index is 12.6. The van der Waals surface area contributed by atoms with Crippen molar-refractivity contribution >= 4 is 19.8 Å². The van der Waals surface area contributed by atoms with E-state index in [4.69, 9.17) is 18.5 Å². The molecule has 0 rings (SSSR count). The standard InChI is InChI=1S/C48H90NO8P/c1-4-6-8-10-12-14-16-18-20-21-22-23-24-25-27-28-30-32-34-36-38-40-47(50)54-44-46(45-56-58(52,53)55-43-42-49-3)57-48(51)41-39-37-35-33-31-29-26-19-17-15-13-11-9-7-5-2/h13,15,18-20,26,46,49H,4-12,14,16-17,21-25,27-45H2,1-3H3,(H,52,53)/b15-13-,20-18-,26-19-. The van der Waals surface area contributed by atoms with Crippen molar-refractivity contribution in [1.29, 1.82) is 0 Å². The van der Waals surface area contributed by atoms with Crippen molar-refractivity contribution in [3.8, 4) is 0 Å². The molecule has 2 atom stereocenters. The zero-order chi connectivity index (χ0) is 42.5. The fourth-order valence-electron chi connectivity index (χ4n) is 6.58. The molecule has 0 aromatic heterocycles. The summed E-state index contributed by atoms with van der Waals surface area (Å²) in [4.78, 5) is 35.1. The summed E-state index contributed by atoms with van der Waals surface area (Å²) in [6.45, 7) is 4.20. The molecule has 9 nitrogen and oxygen atoms in total. The molecule has 58 heavy (non-hydrogen) atoms. The van der Waals surface area contributed by atoms with Crippen LogP contribution in [0.15, 0.2) is 36.5 Å². The number of nitrogens with one attached hydrogen (secondary N) is 1. The van der Waals surface area contributed by atoms with E-state index < -0.39 is 26.5 Å². The van der Waals surface area contributed by atoms with Crippen LogP contribution >= 0.6 is 7.82 Å². The molecule has 0 spiro atoms. The second kappa shape index (κ2) is 44.8. The Morgan fingerprint density at radius 1 is 0.534 bits per heavy atom. The van der Waals surface area contributed by atoms with Crippen LogP contribution in [-0.2, 0) is 32.7 Å². The number of carbonyl (C=O) groups is 2. The van der Waals surface area contributed by atoms with E-state index in [1.54, 1.807) is 7.05 Å². The fourth-order valence-corrected chi connectivity index (χ4v) is 7.33. The van der Waals surface area contributed by atoms with Crippen molar-refractivity contribution in [1.82, 2.24) is 5.32 Å². The first kappa shape index (κ1) is 56.2. The summed E-state index contributed by atoms with van der Waals surface area (Å²) in [5, 5.41) is 2.83. The van der Waals surface area contributed by atoms with E-state index in [1.165, 1.54) is 128 Å². The molecule has 0 fully saturated rings. The van der Waals surface area contributed by atoms with E-state index >= 15 is 0 Å². The molecule has 0 aliphatic rings.